The maximum absolute atomic E-state index is 12.5. The molecule has 0 aliphatic carbocycles. The fourth-order valence-corrected chi connectivity index (χ4v) is 1.36. The van der Waals surface area contributed by atoms with Gasteiger partial charge in [-0.05, 0) is 12.1 Å². The zero-order valence-corrected chi connectivity index (χ0v) is 8.56. The van der Waals surface area contributed by atoms with Crippen molar-refractivity contribution in [3.05, 3.63) is 34.9 Å². The van der Waals surface area contributed by atoms with Gasteiger partial charge in [-0.25, -0.2) is 0 Å². The van der Waals surface area contributed by atoms with Gasteiger partial charge < -0.3 is 0 Å². The van der Waals surface area contributed by atoms with Crippen molar-refractivity contribution in [1.82, 2.24) is 0 Å². The van der Waals surface area contributed by atoms with Gasteiger partial charge in [-0.15, -0.1) is 11.6 Å². The van der Waals surface area contributed by atoms with E-state index >= 15 is 0 Å². The minimum absolute atomic E-state index is 0.299. The number of nitrogens with zero attached hydrogens (tertiary/aromatic N) is 1. The maximum atomic E-state index is 12.5. The van der Waals surface area contributed by atoms with E-state index in [2.05, 4.69) is 0 Å². The fourth-order valence-electron chi connectivity index (χ4n) is 1.21. The van der Waals surface area contributed by atoms with Crippen LogP contribution in [0.3, 0.4) is 0 Å². The summed E-state index contributed by atoms with van der Waals surface area (Å²) >= 11 is 5.24. The maximum Gasteiger partial charge on any atom is 0.417 e. The molecular formula is C10H5ClF3NO. The van der Waals surface area contributed by atoms with Crippen LogP contribution >= 0.6 is 11.6 Å². The lowest BCUT2D eigenvalue weighted by molar-refractivity contribution is -0.137. The molecule has 0 heterocycles. The molecule has 1 rings (SSSR count). The highest BCUT2D eigenvalue weighted by molar-refractivity contribution is 6.30. The van der Waals surface area contributed by atoms with Crippen molar-refractivity contribution in [3.8, 4) is 6.07 Å². The van der Waals surface area contributed by atoms with Crippen molar-refractivity contribution in [2.45, 2.75) is 6.18 Å². The summed E-state index contributed by atoms with van der Waals surface area (Å²) in [5, 5.41) is 8.66. The van der Waals surface area contributed by atoms with Crippen LogP contribution in [0.2, 0.25) is 0 Å². The van der Waals surface area contributed by atoms with Gasteiger partial charge in [-0.2, -0.15) is 18.4 Å². The summed E-state index contributed by atoms with van der Waals surface area (Å²) < 4.78 is 37.5. The molecule has 0 fully saturated rings. The summed E-state index contributed by atoms with van der Waals surface area (Å²) in [6.45, 7) is 0. The van der Waals surface area contributed by atoms with Gasteiger partial charge in [0.2, 0.25) is 0 Å². The molecule has 0 unspecified atom stereocenters. The Balaban J connectivity index is 3.46. The van der Waals surface area contributed by atoms with Gasteiger partial charge in [0.25, 0.3) is 0 Å². The van der Waals surface area contributed by atoms with Crippen LogP contribution in [0.25, 0.3) is 0 Å². The SMILES string of the molecule is N#Cc1c(C(=O)CCl)cccc1C(F)(F)F. The Kier molecular flexibility index (Phi) is 3.55. The number of hydrogen-bond acceptors (Lipinski definition) is 2. The molecule has 6 heteroatoms. The number of carbonyl (C=O) groups excluding carboxylic acids is 1. The Bertz CT molecular complexity index is 462. The summed E-state index contributed by atoms with van der Waals surface area (Å²) in [5.41, 5.74) is -2.10. The van der Waals surface area contributed by atoms with Gasteiger partial charge in [-0.3, -0.25) is 4.79 Å². The van der Waals surface area contributed by atoms with E-state index in [9.17, 15) is 18.0 Å². The topological polar surface area (TPSA) is 40.9 Å². The first kappa shape index (κ1) is 12.5. The predicted molar refractivity (Wildman–Crippen MR) is 51.2 cm³/mol. The van der Waals surface area contributed by atoms with E-state index in [0.29, 0.717) is 0 Å². The molecule has 0 aliphatic heterocycles. The Morgan fingerprint density at radius 1 is 1.44 bits per heavy atom. The number of alkyl halides is 4. The number of halogens is 4. The summed E-state index contributed by atoms with van der Waals surface area (Å²) in [5.74, 6) is -1.17. The summed E-state index contributed by atoms with van der Waals surface area (Å²) in [6.07, 6.45) is -4.66. The Hall–Kier alpha value is -1.54. The predicted octanol–water partition coefficient (Wildman–Crippen LogP) is 3.00. The van der Waals surface area contributed by atoms with Crippen molar-refractivity contribution in [2.24, 2.45) is 0 Å². The molecular weight excluding hydrogens is 243 g/mol. The molecule has 1 aromatic carbocycles. The summed E-state index contributed by atoms with van der Waals surface area (Å²) in [7, 11) is 0. The van der Waals surface area contributed by atoms with Gasteiger partial charge in [0.15, 0.2) is 5.78 Å². The number of carbonyl (C=O) groups is 1. The molecule has 16 heavy (non-hydrogen) atoms. The van der Waals surface area contributed by atoms with Crippen LogP contribution < -0.4 is 0 Å². The number of hydrogen-bond donors (Lipinski definition) is 0. The molecule has 0 saturated carbocycles. The average molecular weight is 248 g/mol. The van der Waals surface area contributed by atoms with E-state index < -0.39 is 29.0 Å². The molecule has 0 atom stereocenters. The lowest BCUT2D eigenvalue weighted by Gasteiger charge is -2.10. The van der Waals surface area contributed by atoms with E-state index in [1.807, 2.05) is 0 Å². The molecule has 0 spiro atoms. The van der Waals surface area contributed by atoms with Crippen molar-refractivity contribution >= 4 is 17.4 Å². The Labute approximate surface area is 94.2 Å². The zero-order chi connectivity index (χ0) is 12.3. The van der Waals surface area contributed by atoms with Gasteiger partial charge in [-0.1, -0.05) is 6.07 Å². The zero-order valence-electron chi connectivity index (χ0n) is 7.81. The van der Waals surface area contributed by atoms with E-state index in [1.54, 1.807) is 0 Å². The largest absolute Gasteiger partial charge is 0.417 e. The van der Waals surface area contributed by atoms with Gasteiger partial charge in [0.1, 0.15) is 6.07 Å². The monoisotopic (exact) mass is 247 g/mol. The Morgan fingerprint density at radius 3 is 2.50 bits per heavy atom. The van der Waals surface area contributed by atoms with Crippen molar-refractivity contribution < 1.29 is 18.0 Å². The second-order valence-corrected chi connectivity index (χ2v) is 3.16. The molecule has 0 aliphatic rings. The minimum atomic E-state index is -4.66. The van der Waals surface area contributed by atoms with Gasteiger partial charge >= 0.3 is 6.18 Å². The van der Waals surface area contributed by atoms with Crippen molar-refractivity contribution in [2.75, 3.05) is 5.88 Å². The third-order valence-electron chi connectivity index (χ3n) is 1.90. The van der Waals surface area contributed by atoms with Crippen LogP contribution in [0.15, 0.2) is 18.2 Å². The smallest absolute Gasteiger partial charge is 0.293 e. The molecule has 1 aromatic rings. The third-order valence-corrected chi connectivity index (χ3v) is 2.15. The number of Topliss-reactive ketones (excluding diaryl/α,β-unsaturated/α-hetero) is 1. The molecule has 0 aromatic heterocycles. The molecule has 0 radical (unpaired) electrons. The second kappa shape index (κ2) is 4.54. The number of nitriles is 1. The van der Waals surface area contributed by atoms with E-state index in [0.717, 1.165) is 18.2 Å². The van der Waals surface area contributed by atoms with Crippen LogP contribution in [0, 0.1) is 11.3 Å². The first-order valence-corrected chi connectivity index (χ1v) is 4.64. The minimum Gasteiger partial charge on any atom is -0.293 e. The highest BCUT2D eigenvalue weighted by Crippen LogP contribution is 2.33. The molecule has 0 bridgehead atoms. The molecule has 0 amide bonds. The lowest BCUT2D eigenvalue weighted by Crippen LogP contribution is -2.12. The summed E-state index contributed by atoms with van der Waals surface area (Å²) in [6, 6.07) is 4.36. The quantitative estimate of drug-likeness (QED) is 0.595. The number of rotatable bonds is 2. The van der Waals surface area contributed by atoms with Gasteiger partial charge in [0, 0.05) is 5.56 Å². The number of benzene rings is 1. The van der Waals surface area contributed by atoms with Gasteiger partial charge in [0.05, 0.1) is 17.0 Å². The average Bonchev–Trinajstić information content (AvgIpc) is 2.25. The number of ketones is 1. The normalized spacial score (nSPS) is 10.9. The molecule has 84 valence electrons. The standard InChI is InChI=1S/C10H5ClF3NO/c11-4-9(16)6-2-1-3-8(7(6)5-15)10(12,13)14/h1-3H,4H2. The van der Waals surface area contributed by atoms with E-state index in [1.165, 1.54) is 6.07 Å². The summed E-state index contributed by atoms with van der Waals surface area (Å²) in [4.78, 5) is 11.2. The third kappa shape index (κ3) is 2.34. The first-order valence-electron chi connectivity index (χ1n) is 4.11. The van der Waals surface area contributed by atoms with Crippen molar-refractivity contribution in [1.29, 1.82) is 5.26 Å². The van der Waals surface area contributed by atoms with Crippen LogP contribution in [0.1, 0.15) is 21.5 Å². The van der Waals surface area contributed by atoms with Crippen LogP contribution in [0.5, 0.6) is 0 Å². The molecule has 2 nitrogen and oxygen atoms in total. The first-order chi connectivity index (χ1) is 7.41. The lowest BCUT2D eigenvalue weighted by atomic mass is 9.99. The van der Waals surface area contributed by atoms with Crippen LogP contribution in [-0.2, 0) is 6.18 Å². The molecule has 0 saturated heterocycles. The van der Waals surface area contributed by atoms with Crippen molar-refractivity contribution in [3.63, 3.8) is 0 Å². The highest BCUT2D eigenvalue weighted by Gasteiger charge is 2.35. The van der Waals surface area contributed by atoms with E-state index in [4.69, 9.17) is 16.9 Å². The highest BCUT2D eigenvalue weighted by atomic mass is 35.5. The second-order valence-electron chi connectivity index (χ2n) is 2.89. The Morgan fingerprint density at radius 2 is 2.06 bits per heavy atom. The van der Waals surface area contributed by atoms with E-state index in [-0.39, 0.29) is 5.56 Å². The van der Waals surface area contributed by atoms with Crippen LogP contribution in [-0.4, -0.2) is 11.7 Å². The van der Waals surface area contributed by atoms with Crippen LogP contribution in [0.4, 0.5) is 13.2 Å². The fraction of sp³-hybridized carbons (Fsp3) is 0.200. The molecule has 0 N–H and O–H groups in total.